The average molecular weight is 271 g/mol. The molecule has 0 spiro atoms. The molecule has 0 unspecified atom stereocenters. The number of halogens is 1. The molecular weight excluding hydrogens is 252 g/mol. The van der Waals surface area contributed by atoms with Crippen molar-refractivity contribution in [2.75, 3.05) is 20.3 Å². The molecule has 5 heteroatoms. The number of hydrogen-bond acceptors (Lipinski definition) is 3. The molecular formula is C13H19ClN2O2. The molecule has 1 aromatic heterocycles. The van der Waals surface area contributed by atoms with Gasteiger partial charge in [0.15, 0.2) is 0 Å². The summed E-state index contributed by atoms with van der Waals surface area (Å²) in [4.78, 5) is 15.8. The van der Waals surface area contributed by atoms with E-state index in [1.54, 1.807) is 19.4 Å². The minimum absolute atomic E-state index is 0.0135. The number of amides is 1. The molecule has 0 aromatic carbocycles. The smallest absolute Gasteiger partial charge is 0.254 e. The molecule has 1 amide bonds. The Morgan fingerprint density at radius 1 is 1.56 bits per heavy atom. The Bertz CT molecular complexity index is 408. The van der Waals surface area contributed by atoms with Crippen LogP contribution in [0.25, 0.3) is 0 Å². The van der Waals surface area contributed by atoms with Gasteiger partial charge in [0.05, 0.1) is 10.6 Å². The molecule has 0 bridgehead atoms. The number of carbonyl (C=O) groups excluding carboxylic acids is 1. The number of aromatic nitrogens is 1. The second-order valence-corrected chi connectivity index (χ2v) is 5.35. The van der Waals surface area contributed by atoms with Gasteiger partial charge in [-0.25, -0.2) is 0 Å². The Labute approximate surface area is 113 Å². The fourth-order valence-electron chi connectivity index (χ4n) is 1.43. The van der Waals surface area contributed by atoms with Gasteiger partial charge in [0.1, 0.15) is 0 Å². The molecule has 0 saturated heterocycles. The van der Waals surface area contributed by atoms with Gasteiger partial charge in [-0.2, -0.15) is 0 Å². The van der Waals surface area contributed by atoms with Gasteiger partial charge in [-0.15, -0.1) is 0 Å². The molecule has 0 saturated carbocycles. The Hall–Kier alpha value is -1.13. The van der Waals surface area contributed by atoms with Crippen LogP contribution < -0.4 is 5.32 Å². The van der Waals surface area contributed by atoms with Crippen molar-refractivity contribution in [3.8, 4) is 0 Å². The number of ether oxygens (including phenoxy) is 1. The van der Waals surface area contributed by atoms with Crippen molar-refractivity contribution in [3.05, 3.63) is 29.0 Å². The molecule has 0 atom stereocenters. The van der Waals surface area contributed by atoms with Gasteiger partial charge in [0.25, 0.3) is 5.91 Å². The monoisotopic (exact) mass is 270 g/mol. The van der Waals surface area contributed by atoms with E-state index in [4.69, 9.17) is 16.3 Å². The minimum Gasteiger partial charge on any atom is -0.385 e. The van der Waals surface area contributed by atoms with E-state index in [1.807, 2.05) is 0 Å². The lowest BCUT2D eigenvalue weighted by Gasteiger charge is -2.24. The first kappa shape index (κ1) is 14.9. The Balaban J connectivity index is 2.54. The molecule has 0 aliphatic carbocycles. The number of hydrogen-bond donors (Lipinski definition) is 1. The molecule has 4 nitrogen and oxygen atoms in total. The van der Waals surface area contributed by atoms with Crippen LogP contribution in [0.5, 0.6) is 0 Å². The third-order valence-corrected chi connectivity index (χ3v) is 3.05. The number of carbonyl (C=O) groups is 1. The summed E-state index contributed by atoms with van der Waals surface area (Å²) in [7, 11) is 1.67. The Morgan fingerprint density at radius 3 is 2.89 bits per heavy atom. The highest BCUT2D eigenvalue weighted by atomic mass is 35.5. The maximum absolute atomic E-state index is 11.9. The average Bonchev–Trinajstić information content (AvgIpc) is 2.34. The van der Waals surface area contributed by atoms with Gasteiger partial charge in [-0.05, 0) is 17.9 Å². The lowest BCUT2D eigenvalue weighted by Crippen LogP contribution is -2.34. The first-order chi connectivity index (χ1) is 8.46. The predicted octanol–water partition coefficient (Wildman–Crippen LogP) is 2.53. The zero-order valence-electron chi connectivity index (χ0n) is 11.0. The lowest BCUT2D eigenvalue weighted by atomic mass is 9.89. The molecule has 0 aliphatic heterocycles. The molecule has 1 rings (SSSR count). The van der Waals surface area contributed by atoms with Crippen LogP contribution in [0.2, 0.25) is 5.02 Å². The first-order valence-corrected chi connectivity index (χ1v) is 6.21. The van der Waals surface area contributed by atoms with Gasteiger partial charge in [0, 0.05) is 32.7 Å². The Kier molecular flexibility index (Phi) is 5.56. The fourth-order valence-corrected chi connectivity index (χ4v) is 1.62. The van der Waals surface area contributed by atoms with Crippen LogP contribution in [0.15, 0.2) is 18.5 Å². The minimum atomic E-state index is -0.196. The maximum atomic E-state index is 11.9. The van der Waals surface area contributed by atoms with E-state index in [1.165, 1.54) is 6.20 Å². The summed E-state index contributed by atoms with van der Waals surface area (Å²) in [6.45, 7) is 5.41. The zero-order chi connectivity index (χ0) is 13.6. The van der Waals surface area contributed by atoms with Crippen LogP contribution in [0.1, 0.15) is 30.6 Å². The van der Waals surface area contributed by atoms with Gasteiger partial charge in [-0.1, -0.05) is 25.4 Å². The molecule has 100 valence electrons. The van der Waals surface area contributed by atoms with E-state index in [9.17, 15) is 4.79 Å². The molecule has 1 aromatic rings. The summed E-state index contributed by atoms with van der Waals surface area (Å²) in [6.07, 6.45) is 3.91. The SMILES string of the molecule is COCCC(C)(C)CNC(=O)c1cnccc1Cl. The van der Waals surface area contributed by atoms with Crippen molar-refractivity contribution < 1.29 is 9.53 Å². The summed E-state index contributed by atoms with van der Waals surface area (Å²) < 4.78 is 5.04. The highest BCUT2D eigenvalue weighted by molar-refractivity contribution is 6.33. The second kappa shape index (κ2) is 6.71. The standard InChI is InChI=1S/C13H19ClN2O2/c1-13(2,5-7-18-3)9-16-12(17)10-8-15-6-4-11(10)14/h4,6,8H,5,7,9H2,1-3H3,(H,16,17). The quantitative estimate of drug-likeness (QED) is 0.864. The van der Waals surface area contributed by atoms with Gasteiger partial charge in [0.2, 0.25) is 0 Å². The summed E-state index contributed by atoms with van der Waals surface area (Å²) in [5.41, 5.74) is 0.391. The molecule has 18 heavy (non-hydrogen) atoms. The second-order valence-electron chi connectivity index (χ2n) is 4.95. The van der Waals surface area contributed by atoms with Gasteiger partial charge < -0.3 is 10.1 Å². The van der Waals surface area contributed by atoms with Crippen LogP contribution in [0.3, 0.4) is 0 Å². The van der Waals surface area contributed by atoms with E-state index >= 15 is 0 Å². The van der Waals surface area contributed by atoms with Crippen LogP contribution in [-0.2, 0) is 4.74 Å². The van der Waals surface area contributed by atoms with E-state index in [0.717, 1.165) is 6.42 Å². The topological polar surface area (TPSA) is 51.2 Å². The summed E-state index contributed by atoms with van der Waals surface area (Å²) in [5.74, 6) is -0.196. The Morgan fingerprint density at radius 2 is 2.28 bits per heavy atom. The lowest BCUT2D eigenvalue weighted by molar-refractivity contribution is 0.0920. The molecule has 0 fully saturated rings. The number of nitrogens with one attached hydrogen (secondary N) is 1. The number of rotatable bonds is 6. The van der Waals surface area contributed by atoms with Gasteiger partial charge in [-0.3, -0.25) is 9.78 Å². The largest absolute Gasteiger partial charge is 0.385 e. The molecule has 1 heterocycles. The third kappa shape index (κ3) is 4.63. The van der Waals surface area contributed by atoms with Crippen molar-refractivity contribution in [1.29, 1.82) is 0 Å². The van der Waals surface area contributed by atoms with E-state index in [2.05, 4.69) is 24.1 Å². The van der Waals surface area contributed by atoms with Crippen molar-refractivity contribution in [2.45, 2.75) is 20.3 Å². The molecule has 1 N–H and O–H groups in total. The number of nitrogens with zero attached hydrogens (tertiary/aromatic N) is 1. The van der Waals surface area contributed by atoms with Gasteiger partial charge >= 0.3 is 0 Å². The van der Waals surface area contributed by atoms with Crippen LogP contribution >= 0.6 is 11.6 Å². The highest BCUT2D eigenvalue weighted by Crippen LogP contribution is 2.19. The van der Waals surface area contributed by atoms with E-state index < -0.39 is 0 Å². The van der Waals surface area contributed by atoms with Crippen molar-refractivity contribution in [2.24, 2.45) is 5.41 Å². The molecule has 0 aliphatic rings. The fraction of sp³-hybridized carbons (Fsp3) is 0.538. The number of pyridine rings is 1. The maximum Gasteiger partial charge on any atom is 0.254 e. The first-order valence-electron chi connectivity index (χ1n) is 5.83. The summed E-state index contributed by atoms with van der Waals surface area (Å²) in [6, 6.07) is 1.60. The zero-order valence-corrected chi connectivity index (χ0v) is 11.8. The summed E-state index contributed by atoms with van der Waals surface area (Å²) in [5, 5.41) is 3.28. The van der Waals surface area contributed by atoms with Crippen molar-refractivity contribution in [1.82, 2.24) is 10.3 Å². The predicted molar refractivity (Wildman–Crippen MR) is 71.9 cm³/mol. The molecule has 0 radical (unpaired) electrons. The third-order valence-electron chi connectivity index (χ3n) is 2.72. The van der Waals surface area contributed by atoms with Crippen molar-refractivity contribution in [3.63, 3.8) is 0 Å². The van der Waals surface area contributed by atoms with Crippen LogP contribution in [-0.4, -0.2) is 31.2 Å². The van der Waals surface area contributed by atoms with Crippen LogP contribution in [0, 0.1) is 5.41 Å². The summed E-state index contributed by atoms with van der Waals surface area (Å²) >= 11 is 5.93. The van der Waals surface area contributed by atoms with E-state index in [0.29, 0.717) is 23.7 Å². The van der Waals surface area contributed by atoms with Crippen LogP contribution in [0.4, 0.5) is 0 Å². The van der Waals surface area contributed by atoms with Crippen molar-refractivity contribution >= 4 is 17.5 Å². The number of methoxy groups -OCH3 is 1. The normalized spacial score (nSPS) is 11.3. The highest BCUT2D eigenvalue weighted by Gasteiger charge is 2.19. The van der Waals surface area contributed by atoms with E-state index in [-0.39, 0.29) is 11.3 Å².